The number of nitro benzene ring substituents is 1. The van der Waals surface area contributed by atoms with Gasteiger partial charge >= 0.3 is 5.97 Å². The average Bonchev–Trinajstić information content (AvgIpc) is 2.68. The summed E-state index contributed by atoms with van der Waals surface area (Å²) in [6.07, 6.45) is -1.01. The second-order valence-electron chi connectivity index (χ2n) is 5.59. The molecule has 148 valence electrons. The summed E-state index contributed by atoms with van der Waals surface area (Å²) in [5.41, 5.74) is 0.465. The summed E-state index contributed by atoms with van der Waals surface area (Å²) >= 11 is 0.986. The van der Waals surface area contributed by atoms with Crippen LogP contribution in [0, 0.1) is 10.1 Å². The van der Waals surface area contributed by atoms with Crippen molar-refractivity contribution >= 4 is 35.0 Å². The van der Waals surface area contributed by atoms with E-state index in [9.17, 15) is 19.7 Å². The van der Waals surface area contributed by atoms with Crippen LogP contribution in [0.15, 0.2) is 53.4 Å². The minimum atomic E-state index is -1.01. The number of benzene rings is 2. The van der Waals surface area contributed by atoms with Crippen LogP contribution in [-0.2, 0) is 14.3 Å². The van der Waals surface area contributed by atoms with Crippen LogP contribution in [0.2, 0.25) is 0 Å². The van der Waals surface area contributed by atoms with E-state index in [0.717, 1.165) is 11.8 Å². The van der Waals surface area contributed by atoms with Crippen molar-refractivity contribution in [1.29, 1.82) is 0 Å². The van der Waals surface area contributed by atoms with E-state index in [2.05, 4.69) is 5.32 Å². The van der Waals surface area contributed by atoms with E-state index >= 15 is 0 Å². The van der Waals surface area contributed by atoms with Crippen molar-refractivity contribution in [3.63, 3.8) is 0 Å². The van der Waals surface area contributed by atoms with Gasteiger partial charge in [0.1, 0.15) is 5.75 Å². The Hall–Kier alpha value is -3.07. The highest BCUT2D eigenvalue weighted by Gasteiger charge is 2.20. The van der Waals surface area contributed by atoms with Crippen LogP contribution >= 0.6 is 11.8 Å². The highest BCUT2D eigenvalue weighted by atomic mass is 32.2. The van der Waals surface area contributed by atoms with Crippen molar-refractivity contribution in [2.24, 2.45) is 0 Å². The van der Waals surface area contributed by atoms with Crippen molar-refractivity contribution in [3.05, 3.63) is 58.6 Å². The Morgan fingerprint density at radius 3 is 2.50 bits per heavy atom. The first-order valence-electron chi connectivity index (χ1n) is 8.50. The molecule has 2 rings (SSSR count). The first kappa shape index (κ1) is 21.2. The number of nitrogens with zero attached hydrogens (tertiary/aromatic N) is 1. The summed E-state index contributed by atoms with van der Waals surface area (Å²) in [4.78, 5) is 35.0. The Bertz CT molecular complexity index is 841. The second-order valence-corrected chi connectivity index (χ2v) is 6.61. The second kappa shape index (κ2) is 10.3. The van der Waals surface area contributed by atoms with Gasteiger partial charge in [0.2, 0.25) is 0 Å². The topological polar surface area (TPSA) is 108 Å². The SMILES string of the molecule is CCOc1ccc(NC(=O)[C@@H](C)OC(=O)CSc2ccccc2[N+](=O)[O-])cc1. The molecule has 0 saturated heterocycles. The maximum Gasteiger partial charge on any atom is 0.317 e. The van der Waals surface area contributed by atoms with Crippen LogP contribution in [0.4, 0.5) is 11.4 Å². The van der Waals surface area contributed by atoms with Crippen molar-refractivity contribution in [3.8, 4) is 5.75 Å². The number of esters is 1. The van der Waals surface area contributed by atoms with E-state index in [1.165, 1.54) is 13.0 Å². The summed E-state index contributed by atoms with van der Waals surface area (Å²) in [5, 5.41) is 13.6. The van der Waals surface area contributed by atoms with Crippen LogP contribution in [0.3, 0.4) is 0 Å². The largest absolute Gasteiger partial charge is 0.494 e. The first-order valence-corrected chi connectivity index (χ1v) is 9.48. The van der Waals surface area contributed by atoms with Gasteiger partial charge in [-0.2, -0.15) is 0 Å². The van der Waals surface area contributed by atoms with E-state index in [-0.39, 0.29) is 11.4 Å². The molecule has 1 N–H and O–H groups in total. The summed E-state index contributed by atoms with van der Waals surface area (Å²) < 4.78 is 10.4. The van der Waals surface area contributed by atoms with Gasteiger partial charge in [0.25, 0.3) is 11.6 Å². The van der Waals surface area contributed by atoms with Gasteiger partial charge in [-0.25, -0.2) is 0 Å². The van der Waals surface area contributed by atoms with E-state index in [0.29, 0.717) is 22.9 Å². The number of ether oxygens (including phenoxy) is 2. The monoisotopic (exact) mass is 404 g/mol. The molecule has 0 unspecified atom stereocenters. The number of nitrogens with one attached hydrogen (secondary N) is 1. The van der Waals surface area contributed by atoms with E-state index in [1.54, 1.807) is 42.5 Å². The molecule has 0 aliphatic heterocycles. The number of thioether (sulfide) groups is 1. The Morgan fingerprint density at radius 1 is 1.18 bits per heavy atom. The molecule has 0 heterocycles. The maximum atomic E-state index is 12.2. The summed E-state index contributed by atoms with van der Waals surface area (Å²) in [6, 6.07) is 12.9. The van der Waals surface area contributed by atoms with Crippen LogP contribution in [0.25, 0.3) is 0 Å². The fourth-order valence-corrected chi connectivity index (χ4v) is 3.00. The summed E-state index contributed by atoms with van der Waals surface area (Å²) in [5.74, 6) is -0.580. The Morgan fingerprint density at radius 2 is 1.86 bits per heavy atom. The molecule has 0 saturated carbocycles. The molecule has 28 heavy (non-hydrogen) atoms. The van der Waals surface area contributed by atoms with Crippen molar-refractivity contribution in [2.45, 2.75) is 24.8 Å². The number of nitro groups is 1. The Kier molecular flexibility index (Phi) is 7.82. The molecule has 2 aromatic carbocycles. The molecular formula is C19H20N2O6S. The highest BCUT2D eigenvalue weighted by Crippen LogP contribution is 2.28. The number of para-hydroxylation sites is 1. The number of hydrogen-bond acceptors (Lipinski definition) is 7. The zero-order valence-corrected chi connectivity index (χ0v) is 16.2. The molecule has 0 fully saturated rings. The molecule has 1 atom stereocenters. The van der Waals surface area contributed by atoms with Gasteiger partial charge in [-0.1, -0.05) is 12.1 Å². The standard InChI is InChI=1S/C19H20N2O6S/c1-3-26-15-10-8-14(9-11-15)20-19(23)13(2)27-18(22)12-28-17-7-5-4-6-16(17)21(24)25/h4-11,13H,3,12H2,1-2H3,(H,20,23)/t13-/m1/s1. The summed E-state index contributed by atoms with van der Waals surface area (Å²) in [6.45, 7) is 3.88. The third-order valence-electron chi connectivity index (χ3n) is 3.52. The average molecular weight is 404 g/mol. The van der Waals surface area contributed by atoms with Gasteiger partial charge < -0.3 is 14.8 Å². The Balaban J connectivity index is 1.84. The van der Waals surface area contributed by atoms with Crippen LogP contribution in [0.5, 0.6) is 5.75 Å². The number of carbonyl (C=O) groups is 2. The molecular weight excluding hydrogens is 384 g/mol. The van der Waals surface area contributed by atoms with Gasteiger partial charge in [-0.05, 0) is 44.2 Å². The van der Waals surface area contributed by atoms with Crippen LogP contribution in [0.1, 0.15) is 13.8 Å². The molecule has 1 amide bonds. The van der Waals surface area contributed by atoms with E-state index in [4.69, 9.17) is 9.47 Å². The minimum Gasteiger partial charge on any atom is -0.494 e. The summed E-state index contributed by atoms with van der Waals surface area (Å²) in [7, 11) is 0. The highest BCUT2D eigenvalue weighted by molar-refractivity contribution is 8.00. The van der Waals surface area contributed by atoms with Gasteiger partial charge in [-0.15, -0.1) is 11.8 Å². The molecule has 8 nitrogen and oxygen atoms in total. The van der Waals surface area contributed by atoms with Crippen molar-refractivity contribution < 1.29 is 24.0 Å². The lowest BCUT2D eigenvalue weighted by Crippen LogP contribution is -2.30. The van der Waals surface area contributed by atoms with E-state index < -0.39 is 22.9 Å². The molecule has 0 spiro atoms. The number of rotatable bonds is 9. The molecule has 0 aromatic heterocycles. The number of anilines is 1. The zero-order chi connectivity index (χ0) is 20.5. The minimum absolute atomic E-state index is 0.0819. The van der Waals surface area contributed by atoms with Gasteiger partial charge in [0.05, 0.1) is 22.2 Å². The molecule has 0 bridgehead atoms. The lowest BCUT2D eigenvalue weighted by atomic mass is 10.3. The first-order chi connectivity index (χ1) is 13.4. The van der Waals surface area contributed by atoms with Crippen LogP contribution in [-0.4, -0.2) is 35.3 Å². The smallest absolute Gasteiger partial charge is 0.317 e. The Labute approximate surface area is 166 Å². The van der Waals surface area contributed by atoms with Crippen LogP contribution < -0.4 is 10.1 Å². The zero-order valence-electron chi connectivity index (χ0n) is 15.4. The van der Waals surface area contributed by atoms with Crippen molar-refractivity contribution in [2.75, 3.05) is 17.7 Å². The number of hydrogen-bond donors (Lipinski definition) is 1. The van der Waals surface area contributed by atoms with E-state index in [1.807, 2.05) is 6.92 Å². The maximum absolute atomic E-state index is 12.2. The fraction of sp³-hybridized carbons (Fsp3) is 0.263. The lowest BCUT2D eigenvalue weighted by molar-refractivity contribution is -0.387. The number of carbonyl (C=O) groups excluding carboxylic acids is 2. The van der Waals surface area contributed by atoms with Gasteiger partial charge in [-0.3, -0.25) is 19.7 Å². The molecule has 0 radical (unpaired) electrons. The third-order valence-corrected chi connectivity index (χ3v) is 4.55. The number of amides is 1. The molecule has 0 aliphatic carbocycles. The normalized spacial score (nSPS) is 11.4. The molecule has 2 aromatic rings. The molecule has 0 aliphatic rings. The third kappa shape index (κ3) is 6.27. The predicted molar refractivity (Wildman–Crippen MR) is 106 cm³/mol. The molecule has 9 heteroatoms. The quantitative estimate of drug-likeness (QED) is 0.294. The van der Waals surface area contributed by atoms with Crippen molar-refractivity contribution in [1.82, 2.24) is 0 Å². The predicted octanol–water partition coefficient (Wildman–Crippen LogP) is 3.66. The lowest BCUT2D eigenvalue weighted by Gasteiger charge is -2.14. The van der Waals surface area contributed by atoms with Gasteiger partial charge in [0.15, 0.2) is 6.10 Å². The van der Waals surface area contributed by atoms with Gasteiger partial charge in [0, 0.05) is 11.8 Å². The fourth-order valence-electron chi connectivity index (χ4n) is 2.20.